The summed E-state index contributed by atoms with van der Waals surface area (Å²) in [6, 6.07) is 14.3. The van der Waals surface area contributed by atoms with Crippen molar-refractivity contribution in [3.05, 3.63) is 74.7 Å². The fraction of sp³-hybridized carbons (Fsp3) is 0.400. The van der Waals surface area contributed by atoms with E-state index in [0.29, 0.717) is 40.2 Å². The van der Waals surface area contributed by atoms with Gasteiger partial charge >= 0.3 is 0 Å². The van der Waals surface area contributed by atoms with E-state index in [2.05, 4.69) is 55.6 Å². The van der Waals surface area contributed by atoms with Gasteiger partial charge in [-0.2, -0.15) is 0 Å². The van der Waals surface area contributed by atoms with Gasteiger partial charge < -0.3 is 14.8 Å². The molecule has 46 heavy (non-hydrogen) atoms. The Bertz CT molecular complexity index is 1620. The van der Waals surface area contributed by atoms with Crippen molar-refractivity contribution in [1.29, 1.82) is 0 Å². The molecule has 11 heteroatoms. The van der Waals surface area contributed by atoms with Crippen molar-refractivity contribution >= 4 is 69.5 Å². The second kappa shape index (κ2) is 15.0. The zero-order chi connectivity index (χ0) is 33.8. The number of benzene rings is 3. The van der Waals surface area contributed by atoms with Gasteiger partial charge in [0, 0.05) is 17.8 Å². The van der Waals surface area contributed by atoms with Crippen LogP contribution in [0.3, 0.4) is 0 Å². The molecule has 1 fully saturated rings. The molecule has 2 atom stereocenters. The van der Waals surface area contributed by atoms with Crippen LogP contribution in [0.25, 0.3) is 0 Å². The second-order valence-corrected chi connectivity index (χ2v) is 13.3. The lowest BCUT2D eigenvalue weighted by molar-refractivity contribution is -0.123. The number of nitrogens with zero attached hydrogens (tertiary/aromatic N) is 2. The summed E-state index contributed by atoms with van der Waals surface area (Å²) in [5.74, 6) is 0.266. The van der Waals surface area contributed by atoms with Gasteiger partial charge in [-0.05, 0) is 73.9 Å². The molecule has 0 spiro atoms. The van der Waals surface area contributed by atoms with Crippen molar-refractivity contribution in [3.8, 4) is 11.5 Å². The highest BCUT2D eigenvalue weighted by molar-refractivity contribution is 6.40. The van der Waals surface area contributed by atoms with Gasteiger partial charge in [-0.1, -0.05) is 81.1 Å². The maximum Gasteiger partial charge on any atom is 0.265 e. The number of unbranched alkanes of at least 4 members (excludes halogenated alkanes) is 1. The number of aryl methyl sites for hydroxylation is 1. The highest BCUT2D eigenvalue weighted by Gasteiger charge is 2.37. The summed E-state index contributed by atoms with van der Waals surface area (Å²) in [5.41, 5.74) is 6.42. The lowest BCUT2D eigenvalue weighted by atomic mass is 9.81. The molecule has 3 aromatic rings. The van der Waals surface area contributed by atoms with Crippen LogP contribution in [0.2, 0.25) is 15.1 Å². The van der Waals surface area contributed by atoms with Gasteiger partial charge in [0.15, 0.2) is 6.10 Å². The molecule has 4 rings (SSSR count). The number of hydrogen-bond acceptors (Lipinski definition) is 5. The number of hydrogen-bond donors (Lipinski definition) is 2. The van der Waals surface area contributed by atoms with Crippen LogP contribution in [-0.4, -0.2) is 30.9 Å². The fourth-order valence-corrected chi connectivity index (χ4v) is 5.76. The van der Waals surface area contributed by atoms with E-state index >= 15 is 0 Å². The smallest absolute Gasteiger partial charge is 0.265 e. The predicted octanol–water partition coefficient (Wildman–Crippen LogP) is 9.45. The molecule has 0 radical (unpaired) electrons. The standard InChI is InChI=1S/C35H41Cl3N4O4/c1-8-10-11-30(46-29-15-12-22(16-20(29)3)35(5,6)9-2)33(43)39-23-13-14-25(36)28(17-23)40-32-21(4)34(44)42(41-32)31-26(37)18-24(45-7)19-27(31)38/h12-19,21,30H,8-11H2,1-7H3,(H,39,43)(H,40,41). The molecule has 246 valence electrons. The number of rotatable bonds is 12. The molecule has 0 bridgehead atoms. The molecule has 8 nitrogen and oxygen atoms in total. The highest BCUT2D eigenvalue weighted by Crippen LogP contribution is 2.39. The van der Waals surface area contributed by atoms with Crippen LogP contribution >= 0.6 is 34.8 Å². The Morgan fingerprint density at radius 3 is 2.37 bits per heavy atom. The molecule has 1 saturated heterocycles. The normalized spacial score (nSPS) is 16.4. The molecular formula is C35H41Cl3N4O4. The van der Waals surface area contributed by atoms with E-state index in [9.17, 15) is 9.59 Å². The Balaban J connectivity index is 1.55. The zero-order valence-corrected chi connectivity index (χ0v) is 29.5. The summed E-state index contributed by atoms with van der Waals surface area (Å²) in [4.78, 5) is 31.4. The minimum atomic E-state index is -0.698. The number of amidine groups is 1. The largest absolute Gasteiger partial charge is 0.497 e. The van der Waals surface area contributed by atoms with Crippen molar-refractivity contribution in [2.75, 3.05) is 17.4 Å². The summed E-state index contributed by atoms with van der Waals surface area (Å²) < 4.78 is 11.5. The number of nitrogens with one attached hydrogen (secondary N) is 2. The van der Waals surface area contributed by atoms with E-state index in [1.54, 1.807) is 37.3 Å². The summed E-state index contributed by atoms with van der Waals surface area (Å²) >= 11 is 19.4. The maximum absolute atomic E-state index is 13.5. The van der Waals surface area contributed by atoms with Crippen LogP contribution in [0.15, 0.2) is 53.5 Å². The zero-order valence-electron chi connectivity index (χ0n) is 27.3. The number of aliphatic imine (C=N–C) groups is 1. The Labute approximate surface area is 286 Å². The number of ether oxygens (including phenoxy) is 2. The van der Waals surface area contributed by atoms with Gasteiger partial charge in [0.05, 0.1) is 33.8 Å². The van der Waals surface area contributed by atoms with Crippen molar-refractivity contribution in [2.24, 2.45) is 10.9 Å². The summed E-state index contributed by atoms with van der Waals surface area (Å²) in [6.45, 7) is 12.4. The number of carbonyl (C=O) groups is 2. The third-order valence-corrected chi connectivity index (χ3v) is 9.25. The van der Waals surface area contributed by atoms with E-state index < -0.39 is 12.0 Å². The third kappa shape index (κ3) is 7.91. The number of halogens is 3. The average molecular weight is 688 g/mol. The Morgan fingerprint density at radius 2 is 1.76 bits per heavy atom. The second-order valence-electron chi connectivity index (χ2n) is 12.1. The molecule has 2 amide bonds. The summed E-state index contributed by atoms with van der Waals surface area (Å²) in [5, 5.41) is 5.05. The number of amides is 2. The molecule has 1 aliphatic heterocycles. The van der Waals surface area contributed by atoms with Gasteiger partial charge in [0.1, 0.15) is 23.0 Å². The molecule has 2 unspecified atom stereocenters. The first kappa shape index (κ1) is 35.4. The maximum atomic E-state index is 13.5. The van der Waals surface area contributed by atoms with Crippen LogP contribution < -0.4 is 25.2 Å². The lowest BCUT2D eigenvalue weighted by Crippen LogP contribution is -2.36. The van der Waals surface area contributed by atoms with Crippen LogP contribution in [0.4, 0.5) is 17.1 Å². The molecule has 3 aromatic carbocycles. The molecule has 0 saturated carbocycles. The molecule has 1 aliphatic rings. The van der Waals surface area contributed by atoms with Crippen molar-refractivity contribution < 1.29 is 19.1 Å². The fourth-order valence-electron chi connectivity index (χ4n) is 4.96. The Kier molecular flexibility index (Phi) is 11.5. The topological polar surface area (TPSA) is 92.3 Å². The summed E-state index contributed by atoms with van der Waals surface area (Å²) in [6.07, 6.45) is 2.62. The quantitative estimate of drug-likeness (QED) is 0.198. The predicted molar refractivity (Wildman–Crippen MR) is 188 cm³/mol. The number of methoxy groups -OCH3 is 1. The van der Waals surface area contributed by atoms with E-state index in [1.807, 2.05) is 13.0 Å². The SMILES string of the molecule is CCCCC(Oc1ccc(C(C)(C)CC)cc1C)C(=O)Nc1ccc(Cl)c(N=C2NN(c3c(Cl)cc(OC)cc3Cl)C(=O)C2C)c1. The number of hydrazine groups is 1. The van der Waals surface area contributed by atoms with E-state index in [-0.39, 0.29) is 33.0 Å². The Hall–Kier alpha value is -3.46. The minimum absolute atomic E-state index is 0.0467. The monoisotopic (exact) mass is 686 g/mol. The third-order valence-electron chi connectivity index (χ3n) is 8.35. The van der Waals surface area contributed by atoms with Crippen LogP contribution in [-0.2, 0) is 15.0 Å². The molecule has 0 aromatic heterocycles. The van der Waals surface area contributed by atoms with Crippen molar-refractivity contribution in [3.63, 3.8) is 0 Å². The van der Waals surface area contributed by atoms with Crippen LogP contribution in [0.5, 0.6) is 11.5 Å². The van der Waals surface area contributed by atoms with Gasteiger partial charge in [0.25, 0.3) is 11.8 Å². The van der Waals surface area contributed by atoms with Crippen LogP contribution in [0.1, 0.15) is 71.4 Å². The van der Waals surface area contributed by atoms with Crippen molar-refractivity contribution in [2.45, 2.75) is 78.7 Å². The highest BCUT2D eigenvalue weighted by atomic mass is 35.5. The minimum Gasteiger partial charge on any atom is -0.497 e. The van der Waals surface area contributed by atoms with Crippen LogP contribution in [0, 0.1) is 12.8 Å². The number of anilines is 2. The Morgan fingerprint density at radius 1 is 1.07 bits per heavy atom. The first-order valence-electron chi connectivity index (χ1n) is 15.4. The van der Waals surface area contributed by atoms with E-state index in [0.717, 1.165) is 24.8 Å². The summed E-state index contributed by atoms with van der Waals surface area (Å²) in [7, 11) is 1.50. The molecule has 0 aliphatic carbocycles. The van der Waals surface area contributed by atoms with E-state index in [4.69, 9.17) is 44.3 Å². The van der Waals surface area contributed by atoms with E-state index in [1.165, 1.54) is 17.7 Å². The van der Waals surface area contributed by atoms with Gasteiger partial charge in [-0.25, -0.2) is 10.0 Å². The molecule has 1 heterocycles. The van der Waals surface area contributed by atoms with Gasteiger partial charge in [-0.15, -0.1) is 0 Å². The first-order valence-corrected chi connectivity index (χ1v) is 16.5. The number of carbonyl (C=O) groups excluding carboxylic acids is 2. The van der Waals surface area contributed by atoms with Gasteiger partial charge in [-0.3, -0.25) is 15.0 Å². The van der Waals surface area contributed by atoms with Gasteiger partial charge in [0.2, 0.25) is 0 Å². The lowest BCUT2D eigenvalue weighted by Gasteiger charge is -2.25. The first-order chi connectivity index (χ1) is 21.8. The average Bonchev–Trinajstić information content (AvgIpc) is 3.29. The molecule has 2 N–H and O–H groups in total. The van der Waals surface area contributed by atoms with Crippen molar-refractivity contribution in [1.82, 2.24) is 5.43 Å². The molecular weight excluding hydrogens is 647 g/mol.